The molecule has 0 aliphatic rings. The minimum absolute atomic E-state index is 0.576. The lowest BCUT2D eigenvalue weighted by Crippen LogP contribution is -1.97. The summed E-state index contributed by atoms with van der Waals surface area (Å²) in [5.41, 5.74) is 0.850. The predicted octanol–water partition coefficient (Wildman–Crippen LogP) is 3.08. The Bertz CT molecular complexity index is 406. The molecule has 2 rings (SSSR count). The molecule has 1 aromatic carbocycles. The molecule has 2 nitrogen and oxygen atoms in total. The van der Waals surface area contributed by atoms with Crippen LogP contribution in [0.4, 0.5) is 0 Å². The SMILES string of the molecule is CSc1ccc([C@@H](O)c2ccco2)cc1. The Hall–Kier alpha value is -1.19. The molecule has 0 radical (unpaired) electrons. The zero-order valence-electron chi connectivity index (χ0n) is 8.38. The maximum atomic E-state index is 9.94. The number of rotatable bonds is 3. The molecule has 0 bridgehead atoms. The quantitative estimate of drug-likeness (QED) is 0.807. The highest BCUT2D eigenvalue weighted by atomic mass is 32.2. The molecule has 15 heavy (non-hydrogen) atoms. The molecule has 1 N–H and O–H groups in total. The van der Waals surface area contributed by atoms with Gasteiger partial charge in [-0.15, -0.1) is 11.8 Å². The largest absolute Gasteiger partial charge is 0.466 e. The third-order valence-electron chi connectivity index (χ3n) is 2.24. The van der Waals surface area contributed by atoms with Crippen LogP contribution in [0.15, 0.2) is 52.0 Å². The summed E-state index contributed by atoms with van der Waals surface area (Å²) in [6.07, 6.45) is 2.92. The van der Waals surface area contributed by atoms with Gasteiger partial charge in [0.05, 0.1) is 6.26 Å². The van der Waals surface area contributed by atoms with E-state index in [0.29, 0.717) is 5.76 Å². The van der Waals surface area contributed by atoms with Gasteiger partial charge in [0.15, 0.2) is 0 Å². The summed E-state index contributed by atoms with van der Waals surface area (Å²) in [7, 11) is 0. The Morgan fingerprint density at radius 3 is 2.47 bits per heavy atom. The second kappa shape index (κ2) is 4.55. The summed E-state index contributed by atoms with van der Waals surface area (Å²) in [4.78, 5) is 1.19. The molecule has 0 amide bonds. The van der Waals surface area contributed by atoms with Crippen LogP contribution >= 0.6 is 11.8 Å². The van der Waals surface area contributed by atoms with Gasteiger partial charge in [0.2, 0.25) is 0 Å². The Morgan fingerprint density at radius 2 is 1.93 bits per heavy atom. The fourth-order valence-corrected chi connectivity index (χ4v) is 1.81. The van der Waals surface area contributed by atoms with Gasteiger partial charge in [0, 0.05) is 4.90 Å². The van der Waals surface area contributed by atoms with Gasteiger partial charge in [0.1, 0.15) is 11.9 Å². The zero-order chi connectivity index (χ0) is 10.7. The summed E-state index contributed by atoms with van der Waals surface area (Å²) >= 11 is 1.68. The molecule has 3 heteroatoms. The maximum Gasteiger partial charge on any atom is 0.137 e. The van der Waals surface area contributed by atoms with Gasteiger partial charge in [0.25, 0.3) is 0 Å². The van der Waals surface area contributed by atoms with Crippen molar-refractivity contribution >= 4 is 11.8 Å². The molecular weight excluding hydrogens is 208 g/mol. The van der Waals surface area contributed by atoms with Crippen molar-refractivity contribution in [3.05, 3.63) is 54.0 Å². The molecule has 0 saturated carbocycles. The van der Waals surface area contributed by atoms with E-state index in [1.807, 2.05) is 30.5 Å². The molecule has 1 heterocycles. The number of hydrogen-bond donors (Lipinski definition) is 1. The van der Waals surface area contributed by atoms with E-state index in [1.54, 1.807) is 30.2 Å². The predicted molar refractivity (Wildman–Crippen MR) is 61.0 cm³/mol. The van der Waals surface area contributed by atoms with Crippen molar-refractivity contribution in [1.82, 2.24) is 0 Å². The first-order valence-corrected chi connectivity index (χ1v) is 5.89. The van der Waals surface area contributed by atoms with E-state index in [1.165, 1.54) is 4.90 Å². The molecule has 0 saturated heterocycles. The van der Waals surface area contributed by atoms with Crippen LogP contribution in [-0.2, 0) is 0 Å². The minimum atomic E-state index is -0.670. The fourth-order valence-electron chi connectivity index (χ4n) is 1.40. The molecule has 2 aromatic rings. The third kappa shape index (κ3) is 2.25. The molecular formula is C12H12O2S. The first kappa shape index (κ1) is 10.3. The van der Waals surface area contributed by atoms with E-state index in [9.17, 15) is 5.11 Å². The Morgan fingerprint density at radius 1 is 1.20 bits per heavy atom. The summed E-state index contributed by atoms with van der Waals surface area (Å²) < 4.78 is 5.15. The van der Waals surface area contributed by atoms with E-state index >= 15 is 0 Å². The normalized spacial score (nSPS) is 12.7. The lowest BCUT2D eigenvalue weighted by molar-refractivity contribution is 0.189. The molecule has 0 aliphatic carbocycles. The van der Waals surface area contributed by atoms with Crippen LogP contribution in [0.2, 0.25) is 0 Å². The summed E-state index contributed by atoms with van der Waals surface area (Å²) in [6.45, 7) is 0. The van der Waals surface area contributed by atoms with Crippen molar-refractivity contribution in [2.75, 3.05) is 6.26 Å². The van der Waals surface area contributed by atoms with Crippen LogP contribution in [0.5, 0.6) is 0 Å². The van der Waals surface area contributed by atoms with Crippen molar-refractivity contribution in [2.24, 2.45) is 0 Å². The van der Waals surface area contributed by atoms with Crippen molar-refractivity contribution in [1.29, 1.82) is 0 Å². The highest BCUT2D eigenvalue weighted by Gasteiger charge is 2.12. The molecule has 0 unspecified atom stereocenters. The van der Waals surface area contributed by atoms with Gasteiger partial charge in [-0.05, 0) is 36.1 Å². The van der Waals surface area contributed by atoms with Gasteiger partial charge < -0.3 is 9.52 Å². The number of aliphatic hydroxyl groups excluding tert-OH is 1. The van der Waals surface area contributed by atoms with E-state index in [2.05, 4.69) is 0 Å². The molecule has 1 aromatic heterocycles. The second-order valence-electron chi connectivity index (χ2n) is 3.19. The van der Waals surface area contributed by atoms with Crippen LogP contribution in [0.1, 0.15) is 17.4 Å². The van der Waals surface area contributed by atoms with Gasteiger partial charge in [-0.2, -0.15) is 0 Å². The standard InChI is InChI=1S/C12H12O2S/c1-15-10-6-4-9(5-7-10)12(13)11-3-2-8-14-11/h2-8,12-13H,1H3/t12-/m1/s1. The molecule has 0 fully saturated rings. The highest BCUT2D eigenvalue weighted by molar-refractivity contribution is 7.98. The van der Waals surface area contributed by atoms with Crippen molar-refractivity contribution in [3.8, 4) is 0 Å². The van der Waals surface area contributed by atoms with Crippen LogP contribution < -0.4 is 0 Å². The maximum absolute atomic E-state index is 9.94. The third-order valence-corrected chi connectivity index (χ3v) is 2.99. The average molecular weight is 220 g/mol. The fraction of sp³-hybridized carbons (Fsp3) is 0.167. The van der Waals surface area contributed by atoms with E-state index in [0.717, 1.165) is 5.56 Å². The lowest BCUT2D eigenvalue weighted by Gasteiger charge is -2.08. The van der Waals surface area contributed by atoms with E-state index < -0.39 is 6.10 Å². The number of benzene rings is 1. The molecule has 0 spiro atoms. The highest BCUT2D eigenvalue weighted by Crippen LogP contribution is 2.24. The van der Waals surface area contributed by atoms with Gasteiger partial charge in [-0.1, -0.05) is 12.1 Å². The number of hydrogen-bond acceptors (Lipinski definition) is 3. The van der Waals surface area contributed by atoms with E-state index in [-0.39, 0.29) is 0 Å². The van der Waals surface area contributed by atoms with E-state index in [4.69, 9.17) is 4.42 Å². The van der Waals surface area contributed by atoms with Crippen molar-refractivity contribution < 1.29 is 9.52 Å². The van der Waals surface area contributed by atoms with Crippen LogP contribution in [0.25, 0.3) is 0 Å². The van der Waals surface area contributed by atoms with Crippen molar-refractivity contribution in [3.63, 3.8) is 0 Å². The monoisotopic (exact) mass is 220 g/mol. The average Bonchev–Trinajstić information content (AvgIpc) is 2.82. The van der Waals surface area contributed by atoms with Crippen LogP contribution in [0, 0.1) is 0 Å². The minimum Gasteiger partial charge on any atom is -0.466 e. The number of furan rings is 1. The summed E-state index contributed by atoms with van der Waals surface area (Å²) in [5, 5.41) is 9.94. The van der Waals surface area contributed by atoms with Crippen molar-refractivity contribution in [2.45, 2.75) is 11.0 Å². The second-order valence-corrected chi connectivity index (χ2v) is 4.07. The molecule has 1 atom stereocenters. The lowest BCUT2D eigenvalue weighted by atomic mass is 10.1. The first-order valence-electron chi connectivity index (χ1n) is 4.66. The Balaban J connectivity index is 2.22. The topological polar surface area (TPSA) is 33.4 Å². The number of thioether (sulfide) groups is 1. The van der Waals surface area contributed by atoms with Crippen LogP contribution in [0.3, 0.4) is 0 Å². The number of aliphatic hydroxyl groups is 1. The Kier molecular flexibility index (Phi) is 3.14. The van der Waals surface area contributed by atoms with Crippen LogP contribution in [-0.4, -0.2) is 11.4 Å². The molecule has 0 aliphatic heterocycles. The smallest absolute Gasteiger partial charge is 0.137 e. The summed E-state index contributed by atoms with van der Waals surface area (Å²) in [5.74, 6) is 0.576. The van der Waals surface area contributed by atoms with Gasteiger partial charge in [-0.3, -0.25) is 0 Å². The summed E-state index contributed by atoms with van der Waals surface area (Å²) in [6, 6.07) is 11.4. The zero-order valence-corrected chi connectivity index (χ0v) is 9.20. The van der Waals surface area contributed by atoms with Gasteiger partial charge in [-0.25, -0.2) is 0 Å². The first-order chi connectivity index (χ1) is 7.31. The molecule has 78 valence electrons. The Labute approximate surface area is 92.9 Å². The van der Waals surface area contributed by atoms with Gasteiger partial charge >= 0.3 is 0 Å².